The van der Waals surface area contributed by atoms with Gasteiger partial charge in [0.25, 0.3) is 5.91 Å². The molecule has 0 aromatic rings. The molecule has 1 saturated heterocycles. The average Bonchev–Trinajstić information content (AvgIpc) is 2.87. The average molecular weight is 414 g/mol. The maximum Gasteiger partial charge on any atom is 0.261 e. The molecule has 1 heterocycles. The van der Waals surface area contributed by atoms with Gasteiger partial charge in [-0.15, -0.1) is 0 Å². The standard InChI is InChI=1S/C26H39NO3/c1-9-15(5)19-17(7)12-18-11-14(4)10-16(6)20(18)21(19)24(28)22-25(29)23(13(2)3)27(8)26(22)30/h9,12-14,16,18-21,23,28H,10-11H2,1-8H3. The van der Waals surface area contributed by atoms with Gasteiger partial charge >= 0.3 is 0 Å². The van der Waals surface area contributed by atoms with Crippen molar-refractivity contribution in [1.29, 1.82) is 0 Å². The number of likely N-dealkylation sites (N-methyl/N-ethyl adjacent to an activating group) is 1. The van der Waals surface area contributed by atoms with Crippen LogP contribution in [-0.4, -0.2) is 34.8 Å². The fourth-order valence-corrected chi connectivity index (χ4v) is 6.72. The summed E-state index contributed by atoms with van der Waals surface area (Å²) in [6.07, 6.45) is 6.73. The lowest BCUT2D eigenvalue weighted by Crippen LogP contribution is -2.43. The van der Waals surface area contributed by atoms with Crippen molar-refractivity contribution < 1.29 is 14.7 Å². The molecule has 0 aromatic heterocycles. The summed E-state index contributed by atoms with van der Waals surface area (Å²) in [6, 6.07) is -0.490. The van der Waals surface area contributed by atoms with Crippen LogP contribution in [0.2, 0.25) is 0 Å². The smallest absolute Gasteiger partial charge is 0.261 e. The number of aliphatic hydroxyl groups excluding tert-OH is 1. The number of amides is 1. The molecule has 0 spiro atoms. The summed E-state index contributed by atoms with van der Waals surface area (Å²) in [5.74, 6) is 1.00. The van der Waals surface area contributed by atoms with Crippen molar-refractivity contribution in [3.8, 4) is 0 Å². The molecule has 7 unspecified atom stereocenters. The van der Waals surface area contributed by atoms with E-state index in [4.69, 9.17) is 0 Å². The van der Waals surface area contributed by atoms with Crippen molar-refractivity contribution in [3.63, 3.8) is 0 Å². The predicted molar refractivity (Wildman–Crippen MR) is 121 cm³/mol. The first-order valence-corrected chi connectivity index (χ1v) is 11.6. The number of carbonyl (C=O) groups is 2. The van der Waals surface area contributed by atoms with E-state index < -0.39 is 6.04 Å². The molecular weight excluding hydrogens is 374 g/mol. The zero-order valence-electron chi connectivity index (χ0n) is 19.9. The van der Waals surface area contributed by atoms with Crippen LogP contribution in [-0.2, 0) is 9.59 Å². The quantitative estimate of drug-likeness (QED) is 0.295. The van der Waals surface area contributed by atoms with Gasteiger partial charge in [0, 0.05) is 18.9 Å². The lowest BCUT2D eigenvalue weighted by molar-refractivity contribution is -0.126. The summed E-state index contributed by atoms with van der Waals surface area (Å²) in [5, 5.41) is 11.6. The van der Waals surface area contributed by atoms with E-state index in [0.717, 1.165) is 12.8 Å². The van der Waals surface area contributed by atoms with Gasteiger partial charge in [-0.05, 0) is 63.2 Å². The molecule has 4 nitrogen and oxygen atoms in total. The minimum Gasteiger partial charge on any atom is -0.511 e. The summed E-state index contributed by atoms with van der Waals surface area (Å²) in [6.45, 7) is 14.8. The van der Waals surface area contributed by atoms with Gasteiger partial charge in [0.1, 0.15) is 11.3 Å². The van der Waals surface area contributed by atoms with E-state index in [-0.39, 0.29) is 46.7 Å². The minimum absolute atomic E-state index is 0.0139. The fourth-order valence-electron chi connectivity index (χ4n) is 6.72. The van der Waals surface area contributed by atoms with Crippen molar-refractivity contribution in [2.45, 2.75) is 67.3 Å². The Kier molecular flexibility index (Phi) is 6.36. The molecule has 4 heteroatoms. The van der Waals surface area contributed by atoms with Gasteiger partial charge in [-0.25, -0.2) is 0 Å². The number of allylic oxidation sites excluding steroid dienone is 5. The topological polar surface area (TPSA) is 57.6 Å². The maximum atomic E-state index is 13.3. The highest BCUT2D eigenvalue weighted by molar-refractivity contribution is 6.26. The monoisotopic (exact) mass is 413 g/mol. The molecule has 0 radical (unpaired) electrons. The first-order chi connectivity index (χ1) is 14.0. The van der Waals surface area contributed by atoms with Gasteiger partial charge in [0.15, 0.2) is 5.78 Å². The molecule has 3 aliphatic rings. The summed E-state index contributed by atoms with van der Waals surface area (Å²) in [4.78, 5) is 27.9. The van der Waals surface area contributed by atoms with Crippen LogP contribution in [0.4, 0.5) is 0 Å². The van der Waals surface area contributed by atoms with Gasteiger partial charge in [0.2, 0.25) is 0 Å². The SMILES string of the molecule is CC=C(C)C1C(C)=CC2CC(C)CC(C)C2C1C(O)=C1C(=O)C(C(C)C)N(C)C1=O. The lowest BCUT2D eigenvalue weighted by atomic mass is 9.55. The molecule has 1 saturated carbocycles. The molecule has 1 aliphatic heterocycles. The molecule has 30 heavy (non-hydrogen) atoms. The van der Waals surface area contributed by atoms with E-state index in [1.165, 1.54) is 16.0 Å². The molecule has 2 aliphatic carbocycles. The maximum absolute atomic E-state index is 13.3. The largest absolute Gasteiger partial charge is 0.511 e. The summed E-state index contributed by atoms with van der Waals surface area (Å²) < 4.78 is 0. The highest BCUT2D eigenvalue weighted by Crippen LogP contribution is 2.53. The van der Waals surface area contributed by atoms with Crippen molar-refractivity contribution >= 4 is 11.7 Å². The fraction of sp³-hybridized carbons (Fsp3) is 0.692. The van der Waals surface area contributed by atoms with Crippen LogP contribution in [0.5, 0.6) is 0 Å². The highest BCUT2D eigenvalue weighted by Gasteiger charge is 2.51. The van der Waals surface area contributed by atoms with Crippen LogP contribution in [0.3, 0.4) is 0 Å². The molecular formula is C26H39NO3. The van der Waals surface area contributed by atoms with Crippen molar-refractivity contribution in [3.05, 3.63) is 34.6 Å². The van der Waals surface area contributed by atoms with Crippen molar-refractivity contribution in [1.82, 2.24) is 4.90 Å². The Labute approximate surface area is 182 Å². The highest BCUT2D eigenvalue weighted by atomic mass is 16.3. The molecule has 166 valence electrons. The second kappa shape index (κ2) is 8.36. The van der Waals surface area contributed by atoms with Crippen LogP contribution < -0.4 is 0 Å². The van der Waals surface area contributed by atoms with Crippen molar-refractivity contribution in [2.24, 2.45) is 41.4 Å². The molecule has 3 rings (SSSR count). The van der Waals surface area contributed by atoms with Gasteiger partial charge < -0.3 is 10.0 Å². The van der Waals surface area contributed by atoms with Crippen LogP contribution in [0.25, 0.3) is 0 Å². The Morgan fingerprint density at radius 3 is 2.40 bits per heavy atom. The number of aliphatic hydroxyl groups is 1. The minimum atomic E-state index is -0.490. The molecule has 2 fully saturated rings. The molecule has 1 N–H and O–H groups in total. The Hall–Kier alpha value is -1.84. The summed E-state index contributed by atoms with van der Waals surface area (Å²) in [7, 11) is 1.68. The number of carbonyl (C=O) groups excluding carboxylic acids is 2. The molecule has 7 atom stereocenters. The zero-order valence-corrected chi connectivity index (χ0v) is 19.9. The summed E-state index contributed by atoms with van der Waals surface area (Å²) in [5.41, 5.74) is 2.48. The molecule has 1 amide bonds. The first kappa shape index (κ1) is 22.8. The number of Topliss-reactive ketones (excluding diaryl/α,β-unsaturated/α-hetero) is 1. The first-order valence-electron chi connectivity index (χ1n) is 11.6. The summed E-state index contributed by atoms with van der Waals surface area (Å²) >= 11 is 0. The second-order valence-electron chi connectivity index (χ2n) is 10.5. The lowest BCUT2D eigenvalue weighted by Gasteiger charge is -2.49. The van der Waals surface area contributed by atoms with Crippen LogP contribution in [0.1, 0.15) is 61.3 Å². The van der Waals surface area contributed by atoms with Gasteiger partial charge in [-0.3, -0.25) is 9.59 Å². The zero-order chi connectivity index (χ0) is 22.5. The van der Waals surface area contributed by atoms with Gasteiger partial charge in [-0.2, -0.15) is 0 Å². The Morgan fingerprint density at radius 2 is 1.87 bits per heavy atom. The van der Waals surface area contributed by atoms with Gasteiger partial charge in [-0.1, -0.05) is 51.0 Å². The van der Waals surface area contributed by atoms with E-state index in [9.17, 15) is 14.7 Å². The van der Waals surface area contributed by atoms with E-state index in [2.05, 4.69) is 39.8 Å². The Morgan fingerprint density at radius 1 is 1.23 bits per heavy atom. The van der Waals surface area contributed by atoms with Crippen LogP contribution in [0.15, 0.2) is 34.6 Å². The third-order valence-corrected chi connectivity index (χ3v) is 7.96. The second-order valence-corrected chi connectivity index (χ2v) is 10.5. The number of ketones is 1. The van der Waals surface area contributed by atoms with E-state index in [0.29, 0.717) is 17.8 Å². The number of likely N-dealkylation sites (tertiary alicyclic amines) is 1. The van der Waals surface area contributed by atoms with Crippen LogP contribution in [0, 0.1) is 41.4 Å². The number of rotatable bonds is 3. The third-order valence-electron chi connectivity index (χ3n) is 7.96. The van der Waals surface area contributed by atoms with E-state index in [1.54, 1.807) is 7.05 Å². The third kappa shape index (κ3) is 3.56. The number of nitrogens with zero attached hydrogens (tertiary/aromatic N) is 1. The van der Waals surface area contributed by atoms with Crippen LogP contribution >= 0.6 is 0 Å². The van der Waals surface area contributed by atoms with E-state index >= 15 is 0 Å². The predicted octanol–water partition coefficient (Wildman–Crippen LogP) is 5.32. The number of hydrogen-bond donors (Lipinski definition) is 1. The Balaban J connectivity index is 2.18. The normalized spacial score (nSPS) is 39.4. The molecule has 0 aromatic carbocycles. The Bertz CT molecular complexity index is 818. The van der Waals surface area contributed by atoms with Gasteiger partial charge in [0.05, 0.1) is 6.04 Å². The molecule has 0 bridgehead atoms. The van der Waals surface area contributed by atoms with Crippen molar-refractivity contribution in [2.75, 3.05) is 7.05 Å². The number of hydrogen-bond acceptors (Lipinski definition) is 3. The van der Waals surface area contributed by atoms with E-state index in [1.807, 2.05) is 20.8 Å². The number of fused-ring (bicyclic) bond motifs is 1.